The van der Waals surface area contributed by atoms with E-state index in [2.05, 4.69) is 10.1 Å². The van der Waals surface area contributed by atoms with Crippen LogP contribution in [0.1, 0.15) is 0 Å². The van der Waals surface area contributed by atoms with Gasteiger partial charge in [0.2, 0.25) is 0 Å². The number of pyridine rings is 1. The molecule has 0 spiro atoms. The summed E-state index contributed by atoms with van der Waals surface area (Å²) in [5.41, 5.74) is -5.31. The molecule has 0 aliphatic carbocycles. The van der Waals surface area contributed by atoms with Crippen molar-refractivity contribution in [2.24, 2.45) is 5.14 Å². The molecule has 4 nitrogen and oxygen atoms in total. The molecule has 8 heteroatoms. The first-order chi connectivity index (χ1) is 6.25. The Kier molecular flexibility index (Phi) is 4.51. The first-order valence-corrected chi connectivity index (χ1v) is 4.74. The minimum absolute atomic E-state index is 1.75. The Balaban J connectivity index is 0.000000249. The molecule has 1 rings (SSSR count). The fraction of sp³-hybridized carbons (Fsp3) is 0.167. The van der Waals surface area contributed by atoms with Gasteiger partial charge in [-0.25, -0.2) is 13.6 Å². The van der Waals surface area contributed by atoms with Gasteiger partial charge in [-0.15, -0.1) is 0 Å². The van der Waals surface area contributed by atoms with E-state index in [0.717, 1.165) is 0 Å². The van der Waals surface area contributed by atoms with Crippen LogP contribution in [0.15, 0.2) is 30.6 Å². The van der Waals surface area contributed by atoms with Crippen LogP contribution in [0, 0.1) is 0 Å². The van der Waals surface area contributed by atoms with Gasteiger partial charge in [-0.05, 0) is 12.1 Å². The predicted octanol–water partition coefficient (Wildman–Crippen LogP) is 0.876. The number of primary sulfonamides is 1. The number of sulfonamides is 1. The quantitative estimate of drug-likeness (QED) is 0.716. The van der Waals surface area contributed by atoms with E-state index in [1.54, 1.807) is 12.4 Å². The van der Waals surface area contributed by atoms with Gasteiger partial charge in [-0.3, -0.25) is 4.98 Å². The van der Waals surface area contributed by atoms with Gasteiger partial charge in [0.05, 0.1) is 0 Å². The molecule has 2 N–H and O–H groups in total. The highest BCUT2D eigenvalue weighted by molar-refractivity contribution is 7.90. The SMILES string of the molecule is NS(=O)(=O)C(F)(F)F.c1ccncc1. The van der Waals surface area contributed by atoms with Crippen LogP contribution in [0.2, 0.25) is 0 Å². The zero-order valence-corrected chi connectivity index (χ0v) is 7.59. The number of hydrogen-bond donors (Lipinski definition) is 1. The molecule has 0 aliphatic rings. The van der Waals surface area contributed by atoms with E-state index >= 15 is 0 Å². The third kappa shape index (κ3) is 5.49. The van der Waals surface area contributed by atoms with Crippen molar-refractivity contribution >= 4 is 10.0 Å². The molecule has 14 heavy (non-hydrogen) atoms. The van der Waals surface area contributed by atoms with Crippen molar-refractivity contribution in [3.63, 3.8) is 0 Å². The van der Waals surface area contributed by atoms with E-state index in [1.165, 1.54) is 0 Å². The van der Waals surface area contributed by atoms with Crippen molar-refractivity contribution in [3.8, 4) is 0 Å². The van der Waals surface area contributed by atoms with Crippen molar-refractivity contribution in [3.05, 3.63) is 30.6 Å². The van der Waals surface area contributed by atoms with Crippen molar-refractivity contribution in [1.29, 1.82) is 0 Å². The van der Waals surface area contributed by atoms with Gasteiger partial charge in [0.25, 0.3) is 0 Å². The van der Waals surface area contributed by atoms with Crippen LogP contribution in [0.5, 0.6) is 0 Å². The Morgan fingerprint density at radius 1 is 1.07 bits per heavy atom. The second kappa shape index (κ2) is 4.91. The first-order valence-electron chi connectivity index (χ1n) is 3.19. The second-order valence-corrected chi connectivity index (χ2v) is 3.57. The number of halogens is 3. The van der Waals surface area contributed by atoms with Crippen molar-refractivity contribution in [1.82, 2.24) is 4.98 Å². The van der Waals surface area contributed by atoms with E-state index in [-0.39, 0.29) is 0 Å². The van der Waals surface area contributed by atoms with Gasteiger partial charge in [-0.2, -0.15) is 13.2 Å². The van der Waals surface area contributed by atoms with Crippen LogP contribution >= 0.6 is 0 Å². The molecule has 0 aliphatic heterocycles. The lowest BCUT2D eigenvalue weighted by Gasteiger charge is -1.98. The van der Waals surface area contributed by atoms with Gasteiger partial charge in [0.15, 0.2) is 0 Å². The molecule has 0 bridgehead atoms. The Hall–Kier alpha value is -1.15. The van der Waals surface area contributed by atoms with Gasteiger partial charge >= 0.3 is 15.5 Å². The van der Waals surface area contributed by atoms with Gasteiger partial charge in [0.1, 0.15) is 0 Å². The molecule has 1 aromatic rings. The zero-order chi connectivity index (χ0) is 11.2. The standard InChI is InChI=1S/C5H5N.CH2F3NO2S/c1-2-4-6-5-3-1;2-1(3,4)8(5,6)7/h1-5H;(H2,5,6,7). The third-order valence-electron chi connectivity index (χ3n) is 0.889. The average molecular weight is 228 g/mol. The summed E-state index contributed by atoms with van der Waals surface area (Å²) in [6, 6.07) is 5.72. The summed E-state index contributed by atoms with van der Waals surface area (Å²) >= 11 is 0. The Morgan fingerprint density at radius 2 is 1.43 bits per heavy atom. The fourth-order valence-electron chi connectivity index (χ4n) is 0.313. The summed E-state index contributed by atoms with van der Waals surface area (Å²) in [6.45, 7) is 0. The highest BCUT2D eigenvalue weighted by atomic mass is 32.2. The van der Waals surface area contributed by atoms with Crippen LogP contribution in [0.4, 0.5) is 13.2 Å². The third-order valence-corrected chi connectivity index (χ3v) is 1.53. The van der Waals surface area contributed by atoms with Gasteiger partial charge in [-0.1, -0.05) is 6.07 Å². The fourth-order valence-corrected chi connectivity index (χ4v) is 0.313. The van der Waals surface area contributed by atoms with Crippen molar-refractivity contribution < 1.29 is 21.6 Å². The van der Waals surface area contributed by atoms with Crippen LogP contribution in [0.25, 0.3) is 0 Å². The van der Waals surface area contributed by atoms with Crippen molar-refractivity contribution in [2.45, 2.75) is 5.51 Å². The summed E-state index contributed by atoms with van der Waals surface area (Å²) in [7, 11) is -5.34. The monoisotopic (exact) mass is 228 g/mol. The molecule has 1 aromatic heterocycles. The summed E-state index contributed by atoms with van der Waals surface area (Å²) < 4.78 is 51.2. The van der Waals surface area contributed by atoms with E-state index < -0.39 is 15.5 Å². The lowest BCUT2D eigenvalue weighted by Crippen LogP contribution is -2.30. The van der Waals surface area contributed by atoms with E-state index in [4.69, 9.17) is 0 Å². The van der Waals surface area contributed by atoms with Crippen LogP contribution in [0.3, 0.4) is 0 Å². The predicted molar refractivity (Wildman–Crippen MR) is 43.4 cm³/mol. The number of nitrogens with zero attached hydrogens (tertiary/aromatic N) is 1. The highest BCUT2D eigenvalue weighted by Crippen LogP contribution is 2.18. The maximum Gasteiger partial charge on any atom is 0.511 e. The van der Waals surface area contributed by atoms with E-state index in [1.807, 2.05) is 18.2 Å². The molecule has 0 saturated heterocycles. The van der Waals surface area contributed by atoms with Gasteiger partial charge < -0.3 is 0 Å². The zero-order valence-electron chi connectivity index (χ0n) is 6.77. The molecule has 0 fully saturated rings. The smallest absolute Gasteiger partial charge is 0.265 e. The Morgan fingerprint density at radius 3 is 1.50 bits per heavy atom. The number of alkyl halides is 3. The normalized spacial score (nSPS) is 11.4. The molecule has 0 unspecified atom stereocenters. The molecule has 0 radical (unpaired) electrons. The Bertz CT molecular complexity index is 322. The number of hydrogen-bond acceptors (Lipinski definition) is 3. The summed E-state index contributed by atoms with van der Waals surface area (Å²) in [5.74, 6) is 0. The topological polar surface area (TPSA) is 73.1 Å². The van der Waals surface area contributed by atoms with E-state index in [0.29, 0.717) is 0 Å². The average Bonchev–Trinajstić information content (AvgIpc) is 2.05. The minimum atomic E-state index is -5.34. The van der Waals surface area contributed by atoms with Crippen LogP contribution < -0.4 is 5.14 Å². The molecular formula is C6H7F3N2O2S. The Labute approximate surface area is 78.6 Å². The lowest BCUT2D eigenvalue weighted by atomic mass is 10.5. The summed E-state index contributed by atoms with van der Waals surface area (Å²) in [4.78, 5) is 3.78. The molecule has 80 valence electrons. The van der Waals surface area contributed by atoms with Crippen LogP contribution in [-0.2, 0) is 10.0 Å². The maximum atomic E-state index is 10.8. The molecule has 0 atom stereocenters. The van der Waals surface area contributed by atoms with Gasteiger partial charge in [0, 0.05) is 12.4 Å². The van der Waals surface area contributed by atoms with Crippen molar-refractivity contribution in [2.75, 3.05) is 0 Å². The number of rotatable bonds is 0. The van der Waals surface area contributed by atoms with Crippen LogP contribution in [-0.4, -0.2) is 18.9 Å². The molecule has 0 saturated carbocycles. The molecule has 1 heterocycles. The highest BCUT2D eigenvalue weighted by Gasteiger charge is 2.42. The maximum absolute atomic E-state index is 10.8. The first kappa shape index (κ1) is 12.8. The number of nitrogens with two attached hydrogens (primary N) is 1. The second-order valence-electron chi connectivity index (χ2n) is 2.02. The largest absolute Gasteiger partial charge is 0.511 e. The van der Waals surface area contributed by atoms with E-state index in [9.17, 15) is 21.6 Å². The molecular weight excluding hydrogens is 221 g/mol. The minimum Gasteiger partial charge on any atom is -0.265 e. The molecule has 0 amide bonds. The lowest BCUT2D eigenvalue weighted by molar-refractivity contribution is -0.0436. The summed E-state index contributed by atoms with van der Waals surface area (Å²) in [5, 5.41) is 3.66. The number of aromatic nitrogens is 1. The molecule has 0 aromatic carbocycles. The summed E-state index contributed by atoms with van der Waals surface area (Å²) in [6.07, 6.45) is 3.50.